The summed E-state index contributed by atoms with van der Waals surface area (Å²) >= 11 is 5.75. The van der Waals surface area contributed by atoms with Crippen LogP contribution in [0.15, 0.2) is 66.9 Å². The van der Waals surface area contributed by atoms with E-state index in [-0.39, 0.29) is 10.7 Å². The van der Waals surface area contributed by atoms with Crippen LogP contribution in [0.4, 0.5) is 21.5 Å². The number of para-hydroxylation sites is 1. The van der Waals surface area contributed by atoms with Crippen molar-refractivity contribution in [2.24, 2.45) is 0 Å². The van der Waals surface area contributed by atoms with Crippen LogP contribution in [0.2, 0.25) is 5.02 Å². The van der Waals surface area contributed by atoms with Gasteiger partial charge in [-0.15, -0.1) is 0 Å². The normalized spacial score (nSPS) is 10.4. The van der Waals surface area contributed by atoms with E-state index in [1.807, 2.05) is 43.3 Å². The number of benzene rings is 2. The van der Waals surface area contributed by atoms with Crippen molar-refractivity contribution in [1.82, 2.24) is 4.98 Å². The van der Waals surface area contributed by atoms with Crippen LogP contribution in [0.5, 0.6) is 0 Å². The van der Waals surface area contributed by atoms with Crippen LogP contribution >= 0.6 is 11.6 Å². The van der Waals surface area contributed by atoms with Crippen molar-refractivity contribution in [1.29, 1.82) is 0 Å². The molecule has 0 saturated carbocycles. The highest BCUT2D eigenvalue weighted by Crippen LogP contribution is 2.25. The zero-order chi connectivity index (χ0) is 18.5. The van der Waals surface area contributed by atoms with Crippen molar-refractivity contribution in [3.05, 3.63) is 83.4 Å². The van der Waals surface area contributed by atoms with Crippen LogP contribution in [0, 0.1) is 5.82 Å². The van der Waals surface area contributed by atoms with Crippen LogP contribution in [-0.2, 0) is 0 Å². The van der Waals surface area contributed by atoms with Gasteiger partial charge in [0.2, 0.25) is 0 Å². The van der Waals surface area contributed by atoms with E-state index in [2.05, 4.69) is 15.2 Å². The maximum atomic E-state index is 13.2. The van der Waals surface area contributed by atoms with Crippen molar-refractivity contribution in [2.45, 2.75) is 6.92 Å². The molecule has 0 aliphatic heterocycles. The fraction of sp³-hybridized carbons (Fsp3) is 0.100. The first-order valence-corrected chi connectivity index (χ1v) is 8.51. The Morgan fingerprint density at radius 3 is 2.58 bits per heavy atom. The summed E-state index contributed by atoms with van der Waals surface area (Å²) in [6, 6.07) is 17.5. The Balaban J connectivity index is 1.84. The smallest absolute Gasteiger partial charge is 0.274 e. The zero-order valence-corrected chi connectivity index (χ0v) is 14.9. The highest BCUT2D eigenvalue weighted by Gasteiger charge is 2.13. The standard InChI is InChI=1S/C20H17ClFN3O/c1-2-25(15-6-4-3-5-7-15)16-10-11-23-19(13-16)20(26)24-14-8-9-18(22)17(21)12-14/h3-13H,2H2,1H3,(H,24,26). The van der Waals surface area contributed by atoms with Crippen molar-refractivity contribution in [3.8, 4) is 0 Å². The summed E-state index contributed by atoms with van der Waals surface area (Å²) in [6.45, 7) is 2.77. The molecule has 3 aromatic rings. The van der Waals surface area contributed by atoms with Crippen molar-refractivity contribution in [3.63, 3.8) is 0 Å². The van der Waals surface area contributed by atoms with E-state index in [0.717, 1.165) is 17.9 Å². The number of carbonyl (C=O) groups is 1. The summed E-state index contributed by atoms with van der Waals surface area (Å²) in [5, 5.41) is 2.63. The van der Waals surface area contributed by atoms with Gasteiger partial charge in [0.1, 0.15) is 11.5 Å². The first-order valence-electron chi connectivity index (χ1n) is 8.13. The maximum Gasteiger partial charge on any atom is 0.274 e. The van der Waals surface area contributed by atoms with E-state index in [1.54, 1.807) is 12.3 Å². The Morgan fingerprint density at radius 1 is 1.12 bits per heavy atom. The van der Waals surface area contributed by atoms with E-state index in [1.165, 1.54) is 18.2 Å². The highest BCUT2D eigenvalue weighted by molar-refractivity contribution is 6.31. The van der Waals surface area contributed by atoms with Crippen LogP contribution in [-0.4, -0.2) is 17.4 Å². The number of pyridine rings is 1. The minimum absolute atomic E-state index is 0.0502. The number of carbonyl (C=O) groups excluding carboxylic acids is 1. The van der Waals surface area contributed by atoms with Crippen molar-refractivity contribution in [2.75, 3.05) is 16.8 Å². The number of nitrogens with zero attached hydrogens (tertiary/aromatic N) is 2. The third-order valence-electron chi connectivity index (χ3n) is 3.85. The van der Waals surface area contributed by atoms with Crippen molar-refractivity contribution < 1.29 is 9.18 Å². The van der Waals surface area contributed by atoms with Gasteiger partial charge < -0.3 is 10.2 Å². The van der Waals surface area contributed by atoms with E-state index in [0.29, 0.717) is 5.69 Å². The highest BCUT2D eigenvalue weighted by atomic mass is 35.5. The zero-order valence-electron chi connectivity index (χ0n) is 14.1. The minimum Gasteiger partial charge on any atom is -0.342 e. The Labute approximate surface area is 156 Å². The Hall–Kier alpha value is -2.92. The molecule has 1 N–H and O–H groups in total. The lowest BCUT2D eigenvalue weighted by molar-refractivity contribution is 0.102. The molecule has 0 bridgehead atoms. The van der Waals surface area contributed by atoms with E-state index >= 15 is 0 Å². The molecule has 6 heteroatoms. The van der Waals surface area contributed by atoms with E-state index in [9.17, 15) is 9.18 Å². The van der Waals surface area contributed by atoms with Gasteiger partial charge in [0.05, 0.1) is 5.02 Å². The number of hydrogen-bond acceptors (Lipinski definition) is 3. The molecule has 1 amide bonds. The molecule has 3 rings (SSSR count). The number of halogens is 2. The van der Waals surface area contributed by atoms with Gasteiger partial charge in [0.25, 0.3) is 5.91 Å². The van der Waals surface area contributed by atoms with Gasteiger partial charge >= 0.3 is 0 Å². The minimum atomic E-state index is -0.536. The summed E-state index contributed by atoms with van der Waals surface area (Å²) < 4.78 is 13.2. The summed E-state index contributed by atoms with van der Waals surface area (Å²) in [5.74, 6) is -0.926. The summed E-state index contributed by atoms with van der Waals surface area (Å²) in [7, 11) is 0. The molecule has 2 aromatic carbocycles. The molecule has 1 heterocycles. The number of aromatic nitrogens is 1. The second kappa shape index (κ2) is 7.97. The number of hydrogen-bond donors (Lipinski definition) is 1. The summed E-state index contributed by atoms with van der Waals surface area (Å²) in [6.07, 6.45) is 1.59. The monoisotopic (exact) mass is 369 g/mol. The van der Waals surface area contributed by atoms with Gasteiger partial charge in [-0.1, -0.05) is 29.8 Å². The number of anilines is 3. The predicted octanol–water partition coefficient (Wildman–Crippen LogP) is 5.28. The third kappa shape index (κ3) is 4.00. The lowest BCUT2D eigenvalue weighted by Gasteiger charge is -2.23. The molecule has 0 saturated heterocycles. The molecule has 0 spiro atoms. The van der Waals surface area contributed by atoms with Gasteiger partial charge in [-0.05, 0) is 49.4 Å². The molecule has 0 aliphatic carbocycles. The average Bonchev–Trinajstić information content (AvgIpc) is 2.66. The Bertz CT molecular complexity index is 918. The van der Waals surface area contributed by atoms with Gasteiger partial charge in [0.15, 0.2) is 0 Å². The lowest BCUT2D eigenvalue weighted by atomic mass is 10.2. The fourth-order valence-electron chi connectivity index (χ4n) is 2.60. The largest absolute Gasteiger partial charge is 0.342 e. The van der Waals surface area contributed by atoms with Gasteiger partial charge in [-0.3, -0.25) is 9.78 Å². The van der Waals surface area contributed by atoms with Gasteiger partial charge in [-0.25, -0.2) is 4.39 Å². The molecule has 0 atom stereocenters. The molecular formula is C20H17ClFN3O. The molecule has 4 nitrogen and oxygen atoms in total. The molecule has 0 radical (unpaired) electrons. The molecule has 0 fully saturated rings. The van der Waals surface area contributed by atoms with Gasteiger partial charge in [-0.2, -0.15) is 0 Å². The summed E-state index contributed by atoms with van der Waals surface area (Å²) in [5.41, 5.74) is 2.55. The number of nitrogens with one attached hydrogen (secondary N) is 1. The Morgan fingerprint density at radius 2 is 1.88 bits per heavy atom. The van der Waals surface area contributed by atoms with E-state index < -0.39 is 11.7 Å². The molecule has 1 aromatic heterocycles. The average molecular weight is 370 g/mol. The SMILES string of the molecule is CCN(c1ccccc1)c1ccnc(C(=O)Nc2ccc(F)c(Cl)c2)c1. The van der Waals surface area contributed by atoms with Crippen LogP contribution in [0.1, 0.15) is 17.4 Å². The quantitative estimate of drug-likeness (QED) is 0.665. The van der Waals surface area contributed by atoms with Gasteiger partial charge in [0, 0.05) is 29.8 Å². The topological polar surface area (TPSA) is 45.2 Å². The molecule has 0 aliphatic rings. The second-order valence-corrected chi connectivity index (χ2v) is 5.97. The van der Waals surface area contributed by atoms with Crippen molar-refractivity contribution >= 4 is 34.6 Å². The maximum absolute atomic E-state index is 13.2. The predicted molar refractivity (Wildman–Crippen MR) is 103 cm³/mol. The van der Waals surface area contributed by atoms with Crippen LogP contribution in [0.25, 0.3) is 0 Å². The number of rotatable bonds is 5. The molecule has 0 unspecified atom stereocenters. The molecule has 132 valence electrons. The fourth-order valence-corrected chi connectivity index (χ4v) is 2.78. The lowest BCUT2D eigenvalue weighted by Crippen LogP contribution is -2.18. The van der Waals surface area contributed by atoms with Crippen LogP contribution in [0.3, 0.4) is 0 Å². The first kappa shape index (κ1) is 17.9. The van der Waals surface area contributed by atoms with Crippen LogP contribution < -0.4 is 10.2 Å². The van der Waals surface area contributed by atoms with E-state index in [4.69, 9.17) is 11.6 Å². The summed E-state index contributed by atoms with van der Waals surface area (Å²) in [4.78, 5) is 18.7. The molecular weight excluding hydrogens is 353 g/mol. The third-order valence-corrected chi connectivity index (χ3v) is 4.14. The second-order valence-electron chi connectivity index (χ2n) is 5.56. The Kier molecular flexibility index (Phi) is 5.49. The molecule has 26 heavy (non-hydrogen) atoms. The first-order chi connectivity index (χ1) is 12.6. The number of amides is 1.